The first-order chi connectivity index (χ1) is 8.74. The summed E-state index contributed by atoms with van der Waals surface area (Å²) in [6.45, 7) is 1.04. The van der Waals surface area contributed by atoms with Crippen molar-refractivity contribution in [2.45, 2.75) is 17.7 Å². The van der Waals surface area contributed by atoms with Gasteiger partial charge in [0.2, 0.25) is 0 Å². The molecular weight excluding hydrogens is 252 g/mol. The summed E-state index contributed by atoms with van der Waals surface area (Å²) in [6.07, 6.45) is 1.91. The van der Waals surface area contributed by atoms with Crippen molar-refractivity contribution in [2.24, 2.45) is 5.92 Å². The van der Waals surface area contributed by atoms with Gasteiger partial charge in [0.15, 0.2) is 11.5 Å². The minimum absolute atomic E-state index is 0.114. The van der Waals surface area contributed by atoms with Crippen LogP contribution in [0.2, 0.25) is 0 Å². The van der Waals surface area contributed by atoms with Gasteiger partial charge in [0, 0.05) is 16.9 Å². The Balaban J connectivity index is 1.74. The van der Waals surface area contributed by atoms with Crippen LogP contribution in [0.1, 0.15) is 12.8 Å². The number of carbonyl (C=O) groups is 1. The predicted molar refractivity (Wildman–Crippen MR) is 66.4 cm³/mol. The molecule has 0 amide bonds. The van der Waals surface area contributed by atoms with E-state index in [9.17, 15) is 9.00 Å². The Hall–Kier alpha value is -1.36. The van der Waals surface area contributed by atoms with Gasteiger partial charge in [0.1, 0.15) is 19.0 Å². The lowest BCUT2D eigenvalue weighted by Gasteiger charge is -2.18. The Morgan fingerprint density at radius 3 is 2.67 bits per heavy atom. The van der Waals surface area contributed by atoms with Gasteiger partial charge in [0.25, 0.3) is 0 Å². The predicted octanol–water partition coefficient (Wildman–Crippen LogP) is 1.54. The fourth-order valence-corrected chi connectivity index (χ4v) is 3.02. The zero-order valence-electron chi connectivity index (χ0n) is 9.89. The molecule has 18 heavy (non-hydrogen) atoms. The summed E-state index contributed by atoms with van der Waals surface area (Å²) in [5, 5.41) is 0. The Labute approximate surface area is 108 Å². The molecule has 1 saturated carbocycles. The van der Waals surface area contributed by atoms with Gasteiger partial charge < -0.3 is 9.47 Å². The van der Waals surface area contributed by atoms with Gasteiger partial charge in [-0.2, -0.15) is 0 Å². The molecule has 2 aliphatic rings. The molecule has 5 heteroatoms. The third kappa shape index (κ3) is 2.41. The van der Waals surface area contributed by atoms with Crippen LogP contribution in [0.3, 0.4) is 0 Å². The summed E-state index contributed by atoms with van der Waals surface area (Å²) < 4.78 is 22.9. The van der Waals surface area contributed by atoms with Crippen molar-refractivity contribution in [2.75, 3.05) is 19.0 Å². The van der Waals surface area contributed by atoms with Crippen LogP contribution in [0.15, 0.2) is 23.1 Å². The van der Waals surface area contributed by atoms with Gasteiger partial charge >= 0.3 is 0 Å². The number of benzene rings is 1. The molecule has 4 nitrogen and oxygen atoms in total. The number of carbonyl (C=O) groups excluding carboxylic acids is 1. The Morgan fingerprint density at radius 2 is 1.94 bits per heavy atom. The van der Waals surface area contributed by atoms with E-state index in [1.807, 2.05) is 0 Å². The lowest BCUT2D eigenvalue weighted by Crippen LogP contribution is -2.16. The molecule has 1 aliphatic heterocycles. The van der Waals surface area contributed by atoms with Crippen LogP contribution in [0, 0.1) is 5.92 Å². The number of hydrogen-bond donors (Lipinski definition) is 0. The molecule has 1 aromatic carbocycles. The maximum absolute atomic E-state index is 12.1. The third-order valence-electron chi connectivity index (χ3n) is 3.08. The van der Waals surface area contributed by atoms with Crippen LogP contribution in [0.25, 0.3) is 0 Å². The molecular formula is C13H14O4S. The van der Waals surface area contributed by atoms with E-state index in [4.69, 9.17) is 9.47 Å². The van der Waals surface area contributed by atoms with Crippen molar-refractivity contribution in [1.29, 1.82) is 0 Å². The molecule has 1 heterocycles. The minimum atomic E-state index is -1.28. The maximum atomic E-state index is 12.1. The largest absolute Gasteiger partial charge is 0.486 e. The van der Waals surface area contributed by atoms with Crippen molar-refractivity contribution < 1.29 is 18.5 Å². The van der Waals surface area contributed by atoms with Crippen molar-refractivity contribution >= 4 is 16.6 Å². The SMILES string of the molecule is O=C(CS(=O)c1ccc2c(c1)OCCO2)C1CC1. The van der Waals surface area contributed by atoms with E-state index in [-0.39, 0.29) is 17.5 Å². The number of fused-ring (bicyclic) bond motifs is 1. The van der Waals surface area contributed by atoms with Gasteiger partial charge in [0.05, 0.1) is 16.6 Å². The average molecular weight is 266 g/mol. The van der Waals surface area contributed by atoms with Crippen LogP contribution < -0.4 is 9.47 Å². The van der Waals surface area contributed by atoms with Gasteiger partial charge in [-0.05, 0) is 25.0 Å². The molecule has 0 N–H and O–H groups in total. The molecule has 0 radical (unpaired) electrons. The van der Waals surface area contributed by atoms with Gasteiger partial charge in [-0.3, -0.25) is 9.00 Å². The highest BCUT2D eigenvalue weighted by molar-refractivity contribution is 7.85. The highest BCUT2D eigenvalue weighted by Gasteiger charge is 2.30. The topological polar surface area (TPSA) is 52.6 Å². The Bertz CT molecular complexity index is 508. The number of Topliss-reactive ketones (excluding diaryl/α,β-unsaturated/α-hetero) is 1. The van der Waals surface area contributed by atoms with Crippen LogP contribution in [-0.4, -0.2) is 29.0 Å². The summed E-state index contributed by atoms with van der Waals surface area (Å²) in [5.41, 5.74) is 0. The summed E-state index contributed by atoms with van der Waals surface area (Å²) in [7, 11) is -1.28. The van der Waals surface area contributed by atoms with E-state index >= 15 is 0 Å². The standard InChI is InChI=1S/C13H14O4S/c14-11(9-1-2-9)8-18(15)10-3-4-12-13(7-10)17-6-5-16-12/h3-4,7,9H,1-2,5-6,8H2. The second-order valence-electron chi connectivity index (χ2n) is 4.54. The van der Waals surface area contributed by atoms with Crippen molar-refractivity contribution in [1.82, 2.24) is 0 Å². The van der Waals surface area contributed by atoms with E-state index in [0.29, 0.717) is 29.6 Å². The second-order valence-corrected chi connectivity index (χ2v) is 5.99. The third-order valence-corrected chi connectivity index (χ3v) is 4.41. The normalized spacial score (nSPS) is 19.3. The maximum Gasteiger partial charge on any atom is 0.162 e. The van der Waals surface area contributed by atoms with Gasteiger partial charge in [-0.15, -0.1) is 0 Å². The molecule has 1 fully saturated rings. The smallest absolute Gasteiger partial charge is 0.162 e. The highest BCUT2D eigenvalue weighted by Crippen LogP contribution is 2.33. The Kier molecular flexibility index (Phi) is 3.07. The van der Waals surface area contributed by atoms with E-state index in [0.717, 1.165) is 12.8 Å². The van der Waals surface area contributed by atoms with Crippen LogP contribution in [0.5, 0.6) is 11.5 Å². The van der Waals surface area contributed by atoms with Crippen molar-refractivity contribution in [3.63, 3.8) is 0 Å². The number of hydrogen-bond acceptors (Lipinski definition) is 4. The first-order valence-electron chi connectivity index (χ1n) is 6.05. The van der Waals surface area contributed by atoms with Gasteiger partial charge in [-0.1, -0.05) is 0 Å². The van der Waals surface area contributed by atoms with Gasteiger partial charge in [-0.25, -0.2) is 0 Å². The summed E-state index contributed by atoms with van der Waals surface area (Å²) in [6, 6.07) is 5.21. The van der Waals surface area contributed by atoms with Crippen LogP contribution in [0.4, 0.5) is 0 Å². The van der Waals surface area contributed by atoms with Crippen molar-refractivity contribution in [3.8, 4) is 11.5 Å². The molecule has 1 unspecified atom stereocenters. The van der Waals surface area contributed by atoms with Crippen molar-refractivity contribution in [3.05, 3.63) is 18.2 Å². The molecule has 0 spiro atoms. The summed E-state index contributed by atoms with van der Waals surface area (Å²) in [5.74, 6) is 1.68. The van der Waals surface area contributed by atoms with Crippen LogP contribution in [-0.2, 0) is 15.6 Å². The Morgan fingerprint density at radius 1 is 1.22 bits per heavy atom. The monoisotopic (exact) mass is 266 g/mol. The first kappa shape index (κ1) is 11.7. The van der Waals surface area contributed by atoms with E-state index in [1.54, 1.807) is 18.2 Å². The second kappa shape index (κ2) is 4.72. The van der Waals surface area contributed by atoms with E-state index < -0.39 is 10.8 Å². The summed E-state index contributed by atoms with van der Waals surface area (Å²) >= 11 is 0. The fraction of sp³-hybridized carbons (Fsp3) is 0.462. The lowest BCUT2D eigenvalue weighted by molar-refractivity contribution is -0.117. The molecule has 3 rings (SSSR count). The van der Waals surface area contributed by atoms with Crippen LogP contribution >= 0.6 is 0 Å². The molecule has 0 saturated heterocycles. The molecule has 1 aliphatic carbocycles. The fourth-order valence-electron chi connectivity index (χ4n) is 1.90. The molecule has 0 aromatic heterocycles. The first-order valence-corrected chi connectivity index (χ1v) is 7.36. The minimum Gasteiger partial charge on any atom is -0.486 e. The number of ether oxygens (including phenoxy) is 2. The lowest BCUT2D eigenvalue weighted by atomic mass is 10.3. The number of rotatable bonds is 4. The van der Waals surface area contributed by atoms with E-state index in [1.165, 1.54) is 0 Å². The number of ketones is 1. The zero-order chi connectivity index (χ0) is 12.5. The molecule has 0 bridgehead atoms. The molecule has 96 valence electrons. The average Bonchev–Trinajstić information content (AvgIpc) is 3.22. The zero-order valence-corrected chi connectivity index (χ0v) is 10.7. The molecule has 1 aromatic rings. The summed E-state index contributed by atoms with van der Waals surface area (Å²) in [4.78, 5) is 12.3. The van der Waals surface area contributed by atoms with E-state index in [2.05, 4.69) is 0 Å². The molecule has 1 atom stereocenters. The quantitative estimate of drug-likeness (QED) is 0.829. The highest BCUT2D eigenvalue weighted by atomic mass is 32.2.